The molecule has 118 valence electrons. The minimum Gasteiger partial charge on any atom is -0.384 e. The molecule has 3 nitrogen and oxygen atoms in total. The summed E-state index contributed by atoms with van der Waals surface area (Å²) in [6.07, 6.45) is 1.04. The second-order valence-corrected chi connectivity index (χ2v) is 6.42. The van der Waals surface area contributed by atoms with Crippen LogP contribution < -0.4 is 5.32 Å². The SMILES string of the molecule is CCCNc1ccc(C)cc1C(=O)N(CC(C)C)C(C)C. The zero-order valence-corrected chi connectivity index (χ0v) is 14.4. The number of hydrogen-bond acceptors (Lipinski definition) is 2. The van der Waals surface area contributed by atoms with E-state index in [0.29, 0.717) is 5.92 Å². The minimum absolute atomic E-state index is 0.126. The van der Waals surface area contributed by atoms with Gasteiger partial charge in [-0.2, -0.15) is 0 Å². The summed E-state index contributed by atoms with van der Waals surface area (Å²) in [4.78, 5) is 14.9. The molecule has 3 heteroatoms. The van der Waals surface area contributed by atoms with Crippen LogP contribution in [0.2, 0.25) is 0 Å². The van der Waals surface area contributed by atoms with Gasteiger partial charge in [0.2, 0.25) is 0 Å². The van der Waals surface area contributed by atoms with Crippen molar-refractivity contribution in [3.63, 3.8) is 0 Å². The topological polar surface area (TPSA) is 32.3 Å². The van der Waals surface area contributed by atoms with Crippen molar-refractivity contribution >= 4 is 11.6 Å². The normalized spacial score (nSPS) is 11.0. The van der Waals surface area contributed by atoms with Gasteiger partial charge in [-0.3, -0.25) is 4.79 Å². The first-order valence-electron chi connectivity index (χ1n) is 8.02. The van der Waals surface area contributed by atoms with Crippen LogP contribution in [0, 0.1) is 12.8 Å². The fourth-order valence-electron chi connectivity index (χ4n) is 2.33. The fourth-order valence-corrected chi connectivity index (χ4v) is 2.33. The molecule has 0 bridgehead atoms. The maximum atomic E-state index is 12.9. The Kier molecular flexibility index (Phi) is 6.73. The van der Waals surface area contributed by atoms with E-state index in [1.165, 1.54) is 0 Å². The van der Waals surface area contributed by atoms with Crippen LogP contribution in [0.1, 0.15) is 57.0 Å². The Morgan fingerprint density at radius 3 is 2.43 bits per heavy atom. The Labute approximate surface area is 129 Å². The van der Waals surface area contributed by atoms with Gasteiger partial charge in [0.05, 0.1) is 5.56 Å². The summed E-state index contributed by atoms with van der Waals surface area (Å²) in [6, 6.07) is 6.28. The van der Waals surface area contributed by atoms with E-state index < -0.39 is 0 Å². The number of carbonyl (C=O) groups is 1. The van der Waals surface area contributed by atoms with E-state index in [2.05, 4.69) is 46.0 Å². The largest absolute Gasteiger partial charge is 0.384 e. The molecule has 0 spiro atoms. The molecule has 0 saturated carbocycles. The third-order valence-electron chi connectivity index (χ3n) is 3.42. The molecule has 1 rings (SSSR count). The highest BCUT2D eigenvalue weighted by molar-refractivity contribution is 6.00. The summed E-state index contributed by atoms with van der Waals surface area (Å²) in [5.74, 6) is 0.592. The van der Waals surface area contributed by atoms with Gasteiger partial charge in [-0.25, -0.2) is 0 Å². The maximum Gasteiger partial charge on any atom is 0.256 e. The predicted molar refractivity (Wildman–Crippen MR) is 91.0 cm³/mol. The van der Waals surface area contributed by atoms with E-state index in [9.17, 15) is 4.79 Å². The summed E-state index contributed by atoms with van der Waals surface area (Å²) in [5.41, 5.74) is 2.85. The molecule has 0 unspecified atom stereocenters. The third kappa shape index (κ3) is 5.07. The molecule has 1 aromatic rings. The van der Waals surface area contributed by atoms with Gasteiger partial charge in [-0.05, 0) is 45.2 Å². The van der Waals surface area contributed by atoms with Crippen LogP contribution in [-0.4, -0.2) is 29.9 Å². The molecule has 1 aromatic carbocycles. The number of benzene rings is 1. The van der Waals surface area contributed by atoms with Crippen molar-refractivity contribution < 1.29 is 4.79 Å². The quantitative estimate of drug-likeness (QED) is 0.811. The highest BCUT2D eigenvalue weighted by Crippen LogP contribution is 2.21. The van der Waals surface area contributed by atoms with Gasteiger partial charge < -0.3 is 10.2 Å². The van der Waals surface area contributed by atoms with E-state index in [4.69, 9.17) is 0 Å². The number of aryl methyl sites for hydroxylation is 1. The lowest BCUT2D eigenvalue weighted by molar-refractivity contribution is 0.0683. The molecule has 1 amide bonds. The number of amides is 1. The average molecular weight is 290 g/mol. The summed E-state index contributed by atoms with van der Waals surface area (Å²) < 4.78 is 0. The van der Waals surface area contributed by atoms with Crippen molar-refractivity contribution in [3.05, 3.63) is 29.3 Å². The van der Waals surface area contributed by atoms with Crippen molar-refractivity contribution in [1.29, 1.82) is 0 Å². The molecule has 0 aliphatic carbocycles. The summed E-state index contributed by atoms with van der Waals surface area (Å²) >= 11 is 0. The Hall–Kier alpha value is -1.51. The fraction of sp³-hybridized carbons (Fsp3) is 0.611. The molecular weight excluding hydrogens is 260 g/mol. The Balaban J connectivity index is 3.10. The molecule has 0 aliphatic rings. The van der Waals surface area contributed by atoms with E-state index in [0.717, 1.165) is 36.3 Å². The number of nitrogens with one attached hydrogen (secondary N) is 1. The van der Waals surface area contributed by atoms with Crippen LogP contribution in [0.15, 0.2) is 18.2 Å². The zero-order valence-electron chi connectivity index (χ0n) is 14.4. The highest BCUT2D eigenvalue weighted by Gasteiger charge is 2.22. The number of hydrogen-bond donors (Lipinski definition) is 1. The van der Waals surface area contributed by atoms with Crippen LogP contribution in [0.5, 0.6) is 0 Å². The van der Waals surface area contributed by atoms with E-state index in [1.54, 1.807) is 0 Å². The first kappa shape index (κ1) is 17.5. The van der Waals surface area contributed by atoms with E-state index in [1.807, 2.05) is 24.0 Å². The molecular formula is C18H30N2O. The molecule has 0 saturated heterocycles. The van der Waals surface area contributed by atoms with Crippen molar-refractivity contribution in [2.75, 3.05) is 18.4 Å². The predicted octanol–water partition coefficient (Wildman–Crippen LogP) is 4.32. The smallest absolute Gasteiger partial charge is 0.256 e. The summed E-state index contributed by atoms with van der Waals surface area (Å²) in [5, 5.41) is 3.37. The highest BCUT2D eigenvalue weighted by atomic mass is 16.2. The number of carbonyl (C=O) groups excluding carboxylic acids is 1. The Morgan fingerprint density at radius 2 is 1.90 bits per heavy atom. The molecule has 0 heterocycles. The van der Waals surface area contributed by atoms with Gasteiger partial charge >= 0.3 is 0 Å². The van der Waals surface area contributed by atoms with E-state index in [-0.39, 0.29) is 11.9 Å². The molecule has 21 heavy (non-hydrogen) atoms. The number of nitrogens with zero attached hydrogens (tertiary/aromatic N) is 1. The van der Waals surface area contributed by atoms with Gasteiger partial charge in [0, 0.05) is 24.8 Å². The van der Waals surface area contributed by atoms with Crippen LogP contribution >= 0.6 is 0 Å². The van der Waals surface area contributed by atoms with Crippen molar-refractivity contribution in [2.24, 2.45) is 5.92 Å². The van der Waals surface area contributed by atoms with Crippen LogP contribution in [0.25, 0.3) is 0 Å². The van der Waals surface area contributed by atoms with Gasteiger partial charge in [-0.15, -0.1) is 0 Å². The Bertz CT molecular complexity index is 466. The van der Waals surface area contributed by atoms with Crippen LogP contribution in [0.4, 0.5) is 5.69 Å². The standard InChI is InChI=1S/C18H30N2O/c1-7-10-19-17-9-8-15(6)11-16(17)18(21)20(14(4)5)12-13(2)3/h8-9,11,13-14,19H,7,10,12H2,1-6H3. The number of rotatable bonds is 7. The van der Waals surface area contributed by atoms with Crippen molar-refractivity contribution in [2.45, 2.75) is 54.0 Å². The molecule has 0 radical (unpaired) electrons. The molecule has 0 fully saturated rings. The molecule has 0 aromatic heterocycles. The second kappa shape index (κ2) is 8.06. The molecule has 0 atom stereocenters. The monoisotopic (exact) mass is 290 g/mol. The Morgan fingerprint density at radius 1 is 1.24 bits per heavy atom. The van der Waals surface area contributed by atoms with Crippen molar-refractivity contribution in [1.82, 2.24) is 4.90 Å². The third-order valence-corrected chi connectivity index (χ3v) is 3.42. The first-order chi connectivity index (χ1) is 9.86. The average Bonchev–Trinajstić information content (AvgIpc) is 2.42. The van der Waals surface area contributed by atoms with Gasteiger partial charge in [0.25, 0.3) is 5.91 Å². The number of anilines is 1. The zero-order chi connectivity index (χ0) is 16.0. The van der Waals surface area contributed by atoms with Gasteiger partial charge in [0.1, 0.15) is 0 Å². The van der Waals surface area contributed by atoms with Gasteiger partial charge in [-0.1, -0.05) is 32.4 Å². The molecule has 0 aliphatic heterocycles. The van der Waals surface area contributed by atoms with Crippen molar-refractivity contribution in [3.8, 4) is 0 Å². The summed E-state index contributed by atoms with van der Waals surface area (Å²) in [7, 11) is 0. The van der Waals surface area contributed by atoms with Crippen LogP contribution in [0.3, 0.4) is 0 Å². The van der Waals surface area contributed by atoms with Crippen LogP contribution in [-0.2, 0) is 0 Å². The summed E-state index contributed by atoms with van der Waals surface area (Å²) in [6.45, 7) is 14.3. The van der Waals surface area contributed by atoms with Gasteiger partial charge in [0.15, 0.2) is 0 Å². The van der Waals surface area contributed by atoms with E-state index >= 15 is 0 Å². The maximum absolute atomic E-state index is 12.9. The lowest BCUT2D eigenvalue weighted by Crippen LogP contribution is -2.39. The second-order valence-electron chi connectivity index (χ2n) is 6.42. The minimum atomic E-state index is 0.126. The lowest BCUT2D eigenvalue weighted by atomic mass is 10.1. The molecule has 1 N–H and O–H groups in total. The first-order valence-corrected chi connectivity index (χ1v) is 8.02. The lowest BCUT2D eigenvalue weighted by Gasteiger charge is -2.29.